The SMILES string of the molecule is C=C(Br)Cn1cc(CO)c2ccc(Cl)cc21. The Labute approximate surface area is 107 Å². The van der Waals surface area contributed by atoms with E-state index >= 15 is 0 Å². The lowest BCUT2D eigenvalue weighted by atomic mass is 10.2. The van der Waals surface area contributed by atoms with Crippen molar-refractivity contribution in [2.45, 2.75) is 13.2 Å². The monoisotopic (exact) mass is 299 g/mol. The Bertz CT molecular complexity index is 547. The Kier molecular flexibility index (Phi) is 3.38. The maximum atomic E-state index is 9.27. The summed E-state index contributed by atoms with van der Waals surface area (Å²) in [5, 5.41) is 11.0. The molecule has 1 aromatic carbocycles. The highest BCUT2D eigenvalue weighted by molar-refractivity contribution is 9.11. The average molecular weight is 301 g/mol. The standard InChI is InChI=1S/C12H11BrClNO/c1-8(13)5-15-6-9(7-16)11-3-2-10(14)4-12(11)15/h2-4,6,16H,1,5,7H2. The molecule has 1 N–H and O–H groups in total. The molecule has 1 heterocycles. The maximum absolute atomic E-state index is 9.27. The second kappa shape index (κ2) is 4.62. The van der Waals surface area contributed by atoms with Crippen LogP contribution in [0.3, 0.4) is 0 Å². The number of rotatable bonds is 3. The summed E-state index contributed by atoms with van der Waals surface area (Å²) in [6.45, 7) is 4.51. The normalized spacial score (nSPS) is 10.9. The molecule has 2 aromatic rings. The minimum Gasteiger partial charge on any atom is -0.392 e. The lowest BCUT2D eigenvalue weighted by Gasteiger charge is -2.03. The van der Waals surface area contributed by atoms with Crippen LogP contribution >= 0.6 is 27.5 Å². The Morgan fingerprint density at radius 2 is 2.25 bits per heavy atom. The van der Waals surface area contributed by atoms with Crippen LogP contribution in [0.15, 0.2) is 35.5 Å². The Hall–Kier alpha value is -0.770. The van der Waals surface area contributed by atoms with Crippen molar-refractivity contribution in [3.63, 3.8) is 0 Å². The first-order valence-electron chi connectivity index (χ1n) is 4.83. The second-order valence-corrected chi connectivity index (χ2v) is 5.18. The van der Waals surface area contributed by atoms with Gasteiger partial charge in [-0.15, -0.1) is 0 Å². The highest BCUT2D eigenvalue weighted by Gasteiger charge is 2.08. The van der Waals surface area contributed by atoms with Gasteiger partial charge < -0.3 is 9.67 Å². The molecule has 0 atom stereocenters. The Morgan fingerprint density at radius 1 is 1.50 bits per heavy atom. The van der Waals surface area contributed by atoms with E-state index in [4.69, 9.17) is 11.6 Å². The van der Waals surface area contributed by atoms with Crippen LogP contribution in [0.2, 0.25) is 5.02 Å². The fourth-order valence-electron chi connectivity index (χ4n) is 1.78. The zero-order valence-corrected chi connectivity index (χ0v) is 10.9. The molecule has 0 saturated heterocycles. The van der Waals surface area contributed by atoms with Crippen molar-refractivity contribution in [3.8, 4) is 0 Å². The molecule has 0 saturated carbocycles. The third-order valence-corrected chi connectivity index (χ3v) is 2.92. The molecule has 4 heteroatoms. The molecule has 0 aliphatic rings. The van der Waals surface area contributed by atoms with Crippen molar-refractivity contribution in [2.24, 2.45) is 0 Å². The van der Waals surface area contributed by atoms with Gasteiger partial charge in [-0.2, -0.15) is 0 Å². The topological polar surface area (TPSA) is 25.2 Å². The number of allylic oxidation sites excluding steroid dienone is 1. The van der Waals surface area contributed by atoms with Gasteiger partial charge >= 0.3 is 0 Å². The molecule has 0 aliphatic carbocycles. The molecule has 0 aliphatic heterocycles. The minimum absolute atomic E-state index is 0.0277. The Morgan fingerprint density at radius 3 is 2.88 bits per heavy atom. The molecule has 84 valence electrons. The maximum Gasteiger partial charge on any atom is 0.0702 e. The van der Waals surface area contributed by atoms with Crippen LogP contribution in [-0.4, -0.2) is 9.67 Å². The molecular weight excluding hydrogens is 289 g/mol. The number of aliphatic hydroxyl groups excluding tert-OH is 1. The van der Waals surface area contributed by atoms with Gasteiger partial charge in [0, 0.05) is 26.7 Å². The van der Waals surface area contributed by atoms with Gasteiger partial charge in [-0.1, -0.05) is 40.2 Å². The molecule has 16 heavy (non-hydrogen) atoms. The van der Waals surface area contributed by atoms with Crippen molar-refractivity contribution >= 4 is 38.4 Å². The lowest BCUT2D eigenvalue weighted by molar-refractivity contribution is 0.283. The number of aromatic nitrogens is 1. The van der Waals surface area contributed by atoms with Crippen molar-refractivity contribution in [2.75, 3.05) is 0 Å². The van der Waals surface area contributed by atoms with E-state index in [0.29, 0.717) is 11.6 Å². The summed E-state index contributed by atoms with van der Waals surface area (Å²) in [5.41, 5.74) is 1.91. The third kappa shape index (κ3) is 2.17. The zero-order valence-electron chi connectivity index (χ0n) is 8.58. The van der Waals surface area contributed by atoms with Gasteiger partial charge in [0.2, 0.25) is 0 Å². The molecule has 0 spiro atoms. The van der Waals surface area contributed by atoms with Crippen molar-refractivity contribution in [3.05, 3.63) is 46.0 Å². The summed E-state index contributed by atoms with van der Waals surface area (Å²) < 4.78 is 2.90. The van der Waals surface area contributed by atoms with Gasteiger partial charge in [0.15, 0.2) is 0 Å². The smallest absolute Gasteiger partial charge is 0.0702 e. The van der Waals surface area contributed by atoms with Gasteiger partial charge in [0.1, 0.15) is 0 Å². The van der Waals surface area contributed by atoms with Gasteiger partial charge in [-0.05, 0) is 12.1 Å². The fraction of sp³-hybridized carbons (Fsp3) is 0.167. The number of benzene rings is 1. The van der Waals surface area contributed by atoms with Crippen LogP contribution in [0.25, 0.3) is 10.9 Å². The summed E-state index contributed by atoms with van der Waals surface area (Å²) in [6, 6.07) is 5.65. The van der Waals surface area contributed by atoms with Crippen LogP contribution in [0.1, 0.15) is 5.56 Å². The molecule has 2 nitrogen and oxygen atoms in total. The summed E-state index contributed by atoms with van der Waals surface area (Å²) in [4.78, 5) is 0. The van der Waals surface area contributed by atoms with E-state index in [-0.39, 0.29) is 6.61 Å². The first kappa shape index (κ1) is 11.7. The van der Waals surface area contributed by atoms with E-state index in [1.807, 2.05) is 29.0 Å². The first-order valence-corrected chi connectivity index (χ1v) is 6.00. The molecule has 2 rings (SSSR count). The van der Waals surface area contributed by atoms with E-state index < -0.39 is 0 Å². The zero-order chi connectivity index (χ0) is 11.7. The second-order valence-electron chi connectivity index (χ2n) is 3.62. The van der Waals surface area contributed by atoms with E-state index in [9.17, 15) is 5.11 Å². The number of halogens is 2. The van der Waals surface area contributed by atoms with E-state index in [0.717, 1.165) is 20.9 Å². The first-order chi connectivity index (χ1) is 7.61. The summed E-state index contributed by atoms with van der Waals surface area (Å²) in [7, 11) is 0. The van der Waals surface area contributed by atoms with E-state index in [1.165, 1.54) is 0 Å². The fourth-order valence-corrected chi connectivity index (χ4v) is 2.22. The number of hydrogen-bond donors (Lipinski definition) is 1. The molecular formula is C12H11BrClNO. The minimum atomic E-state index is 0.0277. The number of aliphatic hydroxyl groups is 1. The third-order valence-electron chi connectivity index (χ3n) is 2.44. The molecule has 0 radical (unpaired) electrons. The largest absolute Gasteiger partial charge is 0.392 e. The van der Waals surface area contributed by atoms with Crippen molar-refractivity contribution in [1.82, 2.24) is 4.57 Å². The predicted octanol–water partition coefficient (Wildman–Crippen LogP) is 3.70. The van der Waals surface area contributed by atoms with Crippen molar-refractivity contribution in [1.29, 1.82) is 0 Å². The number of fused-ring (bicyclic) bond motifs is 1. The highest BCUT2D eigenvalue weighted by Crippen LogP contribution is 2.26. The average Bonchev–Trinajstić information content (AvgIpc) is 2.55. The molecule has 0 bridgehead atoms. The van der Waals surface area contributed by atoms with Crippen LogP contribution < -0.4 is 0 Å². The highest BCUT2D eigenvalue weighted by atomic mass is 79.9. The van der Waals surface area contributed by atoms with Crippen LogP contribution in [0, 0.1) is 0 Å². The van der Waals surface area contributed by atoms with E-state index in [2.05, 4.69) is 22.5 Å². The predicted molar refractivity (Wildman–Crippen MR) is 70.9 cm³/mol. The van der Waals surface area contributed by atoms with Crippen LogP contribution in [0.5, 0.6) is 0 Å². The molecule has 0 amide bonds. The van der Waals surface area contributed by atoms with Gasteiger partial charge in [-0.25, -0.2) is 0 Å². The summed E-state index contributed by atoms with van der Waals surface area (Å²) >= 11 is 9.31. The quantitative estimate of drug-likeness (QED) is 0.919. The van der Waals surface area contributed by atoms with Crippen molar-refractivity contribution < 1.29 is 5.11 Å². The Balaban J connectivity index is 2.63. The van der Waals surface area contributed by atoms with Gasteiger partial charge in [0.25, 0.3) is 0 Å². The summed E-state index contributed by atoms with van der Waals surface area (Å²) in [6.07, 6.45) is 1.92. The van der Waals surface area contributed by atoms with Crippen LogP contribution in [0.4, 0.5) is 0 Å². The molecule has 0 fully saturated rings. The van der Waals surface area contributed by atoms with E-state index in [1.54, 1.807) is 0 Å². The number of nitrogens with zero attached hydrogens (tertiary/aromatic N) is 1. The van der Waals surface area contributed by atoms with Gasteiger partial charge in [-0.3, -0.25) is 0 Å². The van der Waals surface area contributed by atoms with Gasteiger partial charge in [0.05, 0.1) is 18.7 Å². The molecule has 0 unspecified atom stereocenters. The number of hydrogen-bond acceptors (Lipinski definition) is 1. The lowest BCUT2D eigenvalue weighted by Crippen LogP contribution is -1.94. The molecule has 1 aromatic heterocycles. The van der Waals surface area contributed by atoms with Crippen LogP contribution in [-0.2, 0) is 13.2 Å². The summed E-state index contributed by atoms with van der Waals surface area (Å²) in [5.74, 6) is 0.